The molecule has 5 nitrogen and oxygen atoms in total. The van der Waals surface area contributed by atoms with Gasteiger partial charge in [-0.2, -0.15) is 13.2 Å². The van der Waals surface area contributed by atoms with Crippen molar-refractivity contribution in [2.24, 2.45) is 0 Å². The number of benzene rings is 3. The Hall–Kier alpha value is -3.59. The van der Waals surface area contributed by atoms with Crippen LogP contribution >= 0.6 is 15.9 Å². The van der Waals surface area contributed by atoms with Gasteiger partial charge in [-0.1, -0.05) is 53.2 Å². The van der Waals surface area contributed by atoms with Crippen molar-refractivity contribution in [3.8, 4) is 11.4 Å². The molecule has 0 radical (unpaired) electrons. The number of aromatic amines is 1. The van der Waals surface area contributed by atoms with Gasteiger partial charge in [0.1, 0.15) is 12.0 Å². The molecular weight excluding hydrogens is 521 g/mol. The number of aromatic nitrogens is 2. The van der Waals surface area contributed by atoms with E-state index in [1.165, 1.54) is 12.1 Å². The lowest BCUT2D eigenvalue weighted by Gasteiger charge is -2.31. The fourth-order valence-electron chi connectivity index (χ4n) is 4.35. The van der Waals surface area contributed by atoms with Gasteiger partial charge >= 0.3 is 6.18 Å². The molecule has 0 bridgehead atoms. The minimum absolute atomic E-state index is 0.205. The Kier molecular flexibility index (Phi) is 5.88. The average molecular weight is 541 g/mol. The highest BCUT2D eigenvalue weighted by molar-refractivity contribution is 9.10. The van der Waals surface area contributed by atoms with E-state index in [2.05, 4.69) is 20.9 Å². The van der Waals surface area contributed by atoms with Crippen LogP contribution in [0.4, 0.5) is 36.1 Å². The number of hydrogen-bond donors (Lipinski definition) is 1. The van der Waals surface area contributed by atoms with Gasteiger partial charge in [0.2, 0.25) is 0 Å². The van der Waals surface area contributed by atoms with Crippen LogP contribution in [0.15, 0.2) is 88.1 Å². The number of nitrogens with zero attached hydrogens (tertiary/aromatic N) is 3. The molecule has 1 aromatic heterocycles. The zero-order chi connectivity index (χ0) is 24.7. The minimum Gasteiger partial charge on any atom is -0.312 e. The third-order valence-electron chi connectivity index (χ3n) is 5.93. The van der Waals surface area contributed by atoms with Crippen LogP contribution in [-0.4, -0.2) is 16.1 Å². The van der Waals surface area contributed by atoms with Crippen LogP contribution in [0.5, 0.6) is 0 Å². The maximum Gasteiger partial charge on any atom is 0.416 e. The zero-order valence-electron chi connectivity index (χ0n) is 18.6. The van der Waals surface area contributed by atoms with E-state index in [0.717, 1.165) is 28.0 Å². The molecule has 0 saturated heterocycles. The largest absolute Gasteiger partial charge is 0.416 e. The van der Waals surface area contributed by atoms with Crippen LogP contribution in [0.25, 0.3) is 11.4 Å². The molecule has 1 N–H and O–H groups in total. The van der Waals surface area contributed by atoms with Gasteiger partial charge in [-0.25, -0.2) is 4.98 Å². The molecule has 4 aromatic rings. The Morgan fingerprint density at radius 2 is 1.54 bits per heavy atom. The SMILES string of the molecule is CCC1N(c2ccccc2)c2nc(-c3ccc(C(F)(F)F)cc3)[nH]c(=O)c2N1c1ccc(Br)cc1. The minimum atomic E-state index is -4.44. The van der Waals surface area contributed by atoms with Crippen LogP contribution in [-0.2, 0) is 6.18 Å². The van der Waals surface area contributed by atoms with Crippen LogP contribution in [0, 0.1) is 0 Å². The standard InChI is InChI=1S/C26H20BrF3N4O/c1-2-21-33(20-14-12-18(27)13-15-20)22-24(34(21)19-6-4-3-5-7-19)31-23(32-25(22)35)16-8-10-17(11-9-16)26(28,29)30/h3-15,21H,2H2,1H3,(H,31,32,35). The first kappa shape index (κ1) is 23.2. The zero-order valence-corrected chi connectivity index (χ0v) is 20.1. The molecule has 0 spiro atoms. The molecule has 5 rings (SSSR count). The summed E-state index contributed by atoms with van der Waals surface area (Å²) < 4.78 is 40.0. The first-order valence-electron chi connectivity index (χ1n) is 11.0. The summed E-state index contributed by atoms with van der Waals surface area (Å²) in [5.41, 5.74) is 1.33. The van der Waals surface area contributed by atoms with Crippen LogP contribution in [0.2, 0.25) is 0 Å². The summed E-state index contributed by atoms with van der Waals surface area (Å²) in [6, 6.07) is 21.9. The second-order valence-corrected chi connectivity index (χ2v) is 9.02. The smallest absolute Gasteiger partial charge is 0.312 e. The Labute approximate surface area is 208 Å². The number of anilines is 4. The molecule has 3 aromatic carbocycles. The van der Waals surface area contributed by atoms with Crippen molar-refractivity contribution in [3.05, 3.63) is 99.3 Å². The summed E-state index contributed by atoms with van der Waals surface area (Å²) in [4.78, 5) is 25.0. The molecule has 9 heteroatoms. The van der Waals surface area contributed by atoms with Crippen molar-refractivity contribution >= 4 is 38.8 Å². The highest BCUT2D eigenvalue weighted by Gasteiger charge is 2.40. The lowest BCUT2D eigenvalue weighted by Crippen LogP contribution is -2.38. The van der Waals surface area contributed by atoms with Crippen molar-refractivity contribution in [1.82, 2.24) is 9.97 Å². The monoisotopic (exact) mass is 540 g/mol. The van der Waals surface area contributed by atoms with Crippen molar-refractivity contribution < 1.29 is 13.2 Å². The van der Waals surface area contributed by atoms with Gasteiger partial charge in [0.15, 0.2) is 11.5 Å². The van der Waals surface area contributed by atoms with Gasteiger partial charge in [0.25, 0.3) is 5.56 Å². The Morgan fingerprint density at radius 1 is 0.914 bits per heavy atom. The topological polar surface area (TPSA) is 52.2 Å². The number of para-hydroxylation sites is 1. The summed E-state index contributed by atoms with van der Waals surface area (Å²) in [5, 5.41) is 0. The first-order valence-corrected chi connectivity index (χ1v) is 11.8. The summed E-state index contributed by atoms with van der Waals surface area (Å²) in [7, 11) is 0. The van der Waals surface area contributed by atoms with E-state index in [4.69, 9.17) is 4.98 Å². The van der Waals surface area contributed by atoms with Crippen LogP contribution < -0.4 is 15.4 Å². The van der Waals surface area contributed by atoms with Crippen molar-refractivity contribution in [2.45, 2.75) is 25.7 Å². The lowest BCUT2D eigenvalue weighted by molar-refractivity contribution is -0.137. The number of alkyl halides is 3. The summed E-state index contributed by atoms with van der Waals surface area (Å²) in [5.74, 6) is 0.653. The van der Waals surface area contributed by atoms with E-state index >= 15 is 0 Å². The fourth-order valence-corrected chi connectivity index (χ4v) is 4.61. The highest BCUT2D eigenvalue weighted by Crippen LogP contribution is 2.46. The maximum atomic E-state index is 13.5. The van der Waals surface area contributed by atoms with Gasteiger partial charge in [-0.15, -0.1) is 0 Å². The van der Waals surface area contributed by atoms with E-state index in [1.54, 1.807) is 0 Å². The molecule has 35 heavy (non-hydrogen) atoms. The number of halogens is 4. The number of H-pyrrole nitrogens is 1. The quantitative estimate of drug-likeness (QED) is 0.296. The van der Waals surface area contributed by atoms with E-state index in [-0.39, 0.29) is 17.5 Å². The second kappa shape index (κ2) is 8.88. The van der Waals surface area contributed by atoms with Gasteiger partial charge in [-0.05, 0) is 55.0 Å². The summed E-state index contributed by atoms with van der Waals surface area (Å²) in [6.45, 7) is 2.03. The predicted molar refractivity (Wildman–Crippen MR) is 134 cm³/mol. The number of rotatable bonds is 4. The molecule has 0 fully saturated rings. The van der Waals surface area contributed by atoms with Crippen molar-refractivity contribution in [2.75, 3.05) is 9.80 Å². The molecule has 1 aliphatic rings. The first-order chi connectivity index (χ1) is 16.8. The predicted octanol–water partition coefficient (Wildman–Crippen LogP) is 7.24. The molecule has 0 aliphatic carbocycles. The van der Waals surface area contributed by atoms with Gasteiger partial charge < -0.3 is 14.8 Å². The number of nitrogens with one attached hydrogen (secondary N) is 1. The molecule has 1 aliphatic heterocycles. The van der Waals surface area contributed by atoms with Gasteiger partial charge in [0, 0.05) is 21.4 Å². The van der Waals surface area contributed by atoms with Crippen LogP contribution in [0.3, 0.4) is 0 Å². The van der Waals surface area contributed by atoms with Crippen LogP contribution in [0.1, 0.15) is 18.9 Å². The molecule has 0 amide bonds. The van der Waals surface area contributed by atoms with Crippen molar-refractivity contribution in [1.29, 1.82) is 0 Å². The molecule has 1 unspecified atom stereocenters. The molecular formula is C26H20BrF3N4O. The molecule has 0 saturated carbocycles. The highest BCUT2D eigenvalue weighted by atomic mass is 79.9. The van der Waals surface area contributed by atoms with E-state index in [1.807, 2.05) is 71.3 Å². The Bertz CT molecular complexity index is 1400. The number of fused-ring (bicyclic) bond motifs is 1. The van der Waals surface area contributed by atoms with E-state index in [0.29, 0.717) is 23.5 Å². The summed E-state index contributed by atoms with van der Waals surface area (Å²) in [6.07, 6.45) is -4.00. The lowest BCUT2D eigenvalue weighted by atomic mass is 10.1. The fraction of sp³-hybridized carbons (Fsp3) is 0.154. The Balaban J connectivity index is 1.70. The van der Waals surface area contributed by atoms with Gasteiger partial charge in [-0.3, -0.25) is 4.79 Å². The van der Waals surface area contributed by atoms with E-state index in [9.17, 15) is 18.0 Å². The molecule has 1 atom stereocenters. The molecule has 178 valence electrons. The number of hydrogen-bond acceptors (Lipinski definition) is 4. The molecule has 2 heterocycles. The second-order valence-electron chi connectivity index (χ2n) is 8.10. The summed E-state index contributed by atoms with van der Waals surface area (Å²) >= 11 is 3.45. The van der Waals surface area contributed by atoms with E-state index < -0.39 is 11.7 Å². The van der Waals surface area contributed by atoms with Gasteiger partial charge in [0.05, 0.1) is 5.56 Å². The van der Waals surface area contributed by atoms with Crippen molar-refractivity contribution in [3.63, 3.8) is 0 Å². The third kappa shape index (κ3) is 4.20. The Morgan fingerprint density at radius 3 is 2.14 bits per heavy atom. The average Bonchev–Trinajstić information content (AvgIpc) is 3.19. The third-order valence-corrected chi connectivity index (χ3v) is 6.46. The maximum absolute atomic E-state index is 13.5. The normalized spacial score (nSPS) is 15.4.